The van der Waals surface area contributed by atoms with E-state index in [2.05, 4.69) is 58.7 Å². The summed E-state index contributed by atoms with van der Waals surface area (Å²) in [5.74, 6) is 1.55. The van der Waals surface area contributed by atoms with E-state index < -0.39 is 0 Å². The third kappa shape index (κ3) is 4.89. The van der Waals surface area contributed by atoms with E-state index in [4.69, 9.17) is 4.74 Å². The van der Waals surface area contributed by atoms with Crippen molar-refractivity contribution in [1.29, 1.82) is 0 Å². The number of anilines is 1. The van der Waals surface area contributed by atoms with Gasteiger partial charge >= 0.3 is 0 Å². The summed E-state index contributed by atoms with van der Waals surface area (Å²) in [6, 6.07) is 16.2. The van der Waals surface area contributed by atoms with Crippen LogP contribution in [0.25, 0.3) is 21.3 Å². The van der Waals surface area contributed by atoms with E-state index in [1.165, 1.54) is 10.4 Å². The Hall–Kier alpha value is -3.45. The van der Waals surface area contributed by atoms with Gasteiger partial charge in [0.1, 0.15) is 22.7 Å². The molecule has 2 aromatic heterocycles. The van der Waals surface area contributed by atoms with Gasteiger partial charge in [0.05, 0.1) is 12.5 Å². The van der Waals surface area contributed by atoms with Crippen molar-refractivity contribution in [2.45, 2.75) is 26.8 Å². The van der Waals surface area contributed by atoms with Crippen LogP contribution < -0.4 is 15.4 Å². The number of aromatic nitrogens is 2. The van der Waals surface area contributed by atoms with Crippen molar-refractivity contribution < 1.29 is 9.53 Å². The summed E-state index contributed by atoms with van der Waals surface area (Å²) < 4.78 is 5.16. The minimum absolute atomic E-state index is 0.0149. The number of fused-ring (bicyclic) bond motifs is 1. The number of ether oxygens (including phenoxy) is 1. The lowest BCUT2D eigenvalue weighted by molar-refractivity contribution is -0.121. The predicted molar refractivity (Wildman–Crippen MR) is 130 cm³/mol. The maximum absolute atomic E-state index is 12.3. The lowest BCUT2D eigenvalue weighted by atomic mass is 10.0. The monoisotopic (exact) mass is 446 g/mol. The number of aryl methyl sites for hydroxylation is 2. The molecule has 0 radical (unpaired) electrons. The van der Waals surface area contributed by atoms with Crippen LogP contribution in [0.3, 0.4) is 0 Å². The molecular formula is C25H26N4O2S. The molecule has 0 spiro atoms. The Morgan fingerprint density at radius 2 is 1.78 bits per heavy atom. The van der Waals surface area contributed by atoms with Gasteiger partial charge in [-0.1, -0.05) is 42.0 Å². The van der Waals surface area contributed by atoms with Crippen molar-refractivity contribution in [3.8, 4) is 16.9 Å². The van der Waals surface area contributed by atoms with Crippen LogP contribution >= 0.6 is 11.3 Å². The summed E-state index contributed by atoms with van der Waals surface area (Å²) >= 11 is 1.66. The van der Waals surface area contributed by atoms with Gasteiger partial charge in [0.15, 0.2) is 0 Å². The molecule has 4 rings (SSSR count). The molecule has 2 heterocycles. The van der Waals surface area contributed by atoms with Gasteiger partial charge < -0.3 is 15.4 Å². The van der Waals surface area contributed by atoms with Crippen LogP contribution in [-0.4, -0.2) is 29.5 Å². The molecule has 0 saturated heterocycles. The number of thiophene rings is 1. The Morgan fingerprint density at radius 3 is 2.50 bits per heavy atom. The SMILES string of the molecule is COc1ccc(CNC(=O)CCNc2ncnc3sc(C)c(-c4ccc(C)cc4)c23)cc1. The molecule has 0 fully saturated rings. The zero-order valence-electron chi connectivity index (χ0n) is 18.4. The number of nitrogens with one attached hydrogen (secondary N) is 2. The Bertz CT molecular complexity index is 1220. The maximum Gasteiger partial charge on any atom is 0.222 e. The van der Waals surface area contributed by atoms with Gasteiger partial charge in [-0.05, 0) is 37.1 Å². The van der Waals surface area contributed by atoms with Gasteiger partial charge in [-0.3, -0.25) is 4.79 Å². The van der Waals surface area contributed by atoms with Crippen molar-refractivity contribution in [2.75, 3.05) is 19.0 Å². The van der Waals surface area contributed by atoms with Crippen molar-refractivity contribution in [1.82, 2.24) is 15.3 Å². The second kappa shape index (κ2) is 9.78. The number of hydrogen-bond donors (Lipinski definition) is 2. The first-order chi connectivity index (χ1) is 15.5. The fraction of sp³-hybridized carbons (Fsp3) is 0.240. The highest BCUT2D eigenvalue weighted by molar-refractivity contribution is 7.19. The molecule has 0 saturated carbocycles. The van der Waals surface area contributed by atoms with E-state index in [9.17, 15) is 4.79 Å². The summed E-state index contributed by atoms with van der Waals surface area (Å²) in [5.41, 5.74) is 4.55. The lowest BCUT2D eigenvalue weighted by Gasteiger charge is -2.10. The molecule has 2 aromatic carbocycles. The van der Waals surface area contributed by atoms with Crippen LogP contribution in [0, 0.1) is 13.8 Å². The highest BCUT2D eigenvalue weighted by Gasteiger charge is 2.16. The molecule has 7 heteroatoms. The van der Waals surface area contributed by atoms with E-state index >= 15 is 0 Å². The molecule has 1 amide bonds. The smallest absolute Gasteiger partial charge is 0.222 e. The first-order valence-electron chi connectivity index (χ1n) is 10.5. The molecule has 2 N–H and O–H groups in total. The van der Waals surface area contributed by atoms with Crippen molar-refractivity contribution >= 4 is 33.3 Å². The van der Waals surface area contributed by atoms with Gasteiger partial charge in [0.2, 0.25) is 5.91 Å². The number of benzene rings is 2. The van der Waals surface area contributed by atoms with E-state index in [-0.39, 0.29) is 5.91 Å². The summed E-state index contributed by atoms with van der Waals surface area (Å²) in [6.45, 7) is 5.17. The number of hydrogen-bond acceptors (Lipinski definition) is 6. The largest absolute Gasteiger partial charge is 0.497 e. The molecule has 0 atom stereocenters. The van der Waals surface area contributed by atoms with Gasteiger partial charge in [0.25, 0.3) is 0 Å². The predicted octanol–water partition coefficient (Wildman–Crippen LogP) is 5.10. The standard InChI is InChI=1S/C25H26N4O2S/c1-16-4-8-19(9-5-16)22-17(2)32-25-23(22)24(28-15-29-25)26-13-12-21(30)27-14-18-6-10-20(31-3)11-7-18/h4-11,15H,12-14H2,1-3H3,(H,27,30)(H,26,28,29). The van der Waals surface area contributed by atoms with Crippen molar-refractivity contribution in [2.24, 2.45) is 0 Å². The molecule has 0 aliphatic rings. The molecule has 0 bridgehead atoms. The normalized spacial score (nSPS) is 10.8. The third-order valence-corrected chi connectivity index (χ3v) is 6.31. The van der Waals surface area contributed by atoms with Crippen LogP contribution in [0.4, 0.5) is 5.82 Å². The number of amides is 1. The Labute approximate surface area is 191 Å². The maximum atomic E-state index is 12.3. The first kappa shape index (κ1) is 21.8. The molecule has 32 heavy (non-hydrogen) atoms. The fourth-order valence-corrected chi connectivity index (χ4v) is 4.59. The van der Waals surface area contributed by atoms with Crippen LogP contribution in [-0.2, 0) is 11.3 Å². The van der Waals surface area contributed by atoms with E-state index in [0.29, 0.717) is 19.5 Å². The van der Waals surface area contributed by atoms with Gasteiger partial charge in [0, 0.05) is 30.0 Å². The number of carbonyl (C=O) groups is 1. The highest BCUT2D eigenvalue weighted by atomic mass is 32.1. The fourth-order valence-electron chi connectivity index (χ4n) is 3.57. The second-order valence-electron chi connectivity index (χ2n) is 7.60. The minimum Gasteiger partial charge on any atom is -0.497 e. The van der Waals surface area contributed by atoms with Gasteiger partial charge in [-0.15, -0.1) is 11.3 Å². The summed E-state index contributed by atoms with van der Waals surface area (Å²) in [4.78, 5) is 23.4. The molecule has 0 unspecified atom stereocenters. The molecule has 0 aliphatic carbocycles. The molecule has 6 nitrogen and oxygen atoms in total. The third-order valence-electron chi connectivity index (χ3n) is 5.30. The number of carbonyl (C=O) groups excluding carboxylic acids is 1. The number of methoxy groups -OCH3 is 1. The Kier molecular flexibility index (Phi) is 6.66. The quantitative estimate of drug-likeness (QED) is 0.394. The topological polar surface area (TPSA) is 76.1 Å². The summed E-state index contributed by atoms with van der Waals surface area (Å²) in [7, 11) is 1.64. The van der Waals surface area contributed by atoms with E-state index in [1.807, 2.05) is 24.3 Å². The van der Waals surface area contributed by atoms with Crippen molar-refractivity contribution in [3.05, 3.63) is 70.9 Å². The molecule has 4 aromatic rings. The second-order valence-corrected chi connectivity index (χ2v) is 8.81. The zero-order chi connectivity index (χ0) is 22.5. The average molecular weight is 447 g/mol. The number of nitrogens with zero attached hydrogens (tertiary/aromatic N) is 2. The minimum atomic E-state index is -0.0149. The molecule has 164 valence electrons. The molecule has 0 aliphatic heterocycles. The van der Waals surface area contributed by atoms with Crippen LogP contribution in [0.15, 0.2) is 54.9 Å². The molecular weight excluding hydrogens is 420 g/mol. The van der Waals surface area contributed by atoms with Crippen LogP contribution in [0.1, 0.15) is 22.4 Å². The van der Waals surface area contributed by atoms with Gasteiger partial charge in [-0.25, -0.2) is 9.97 Å². The van der Waals surface area contributed by atoms with E-state index in [0.717, 1.165) is 38.5 Å². The van der Waals surface area contributed by atoms with Crippen LogP contribution in [0.5, 0.6) is 5.75 Å². The average Bonchev–Trinajstić information content (AvgIpc) is 3.15. The zero-order valence-corrected chi connectivity index (χ0v) is 19.3. The number of rotatable bonds is 8. The van der Waals surface area contributed by atoms with E-state index in [1.54, 1.807) is 24.8 Å². The Morgan fingerprint density at radius 1 is 1.03 bits per heavy atom. The first-order valence-corrected chi connectivity index (χ1v) is 11.3. The lowest BCUT2D eigenvalue weighted by Crippen LogP contribution is -2.25. The summed E-state index contributed by atoms with van der Waals surface area (Å²) in [5, 5.41) is 7.31. The van der Waals surface area contributed by atoms with Gasteiger partial charge in [-0.2, -0.15) is 0 Å². The Balaban J connectivity index is 1.42. The van der Waals surface area contributed by atoms with Crippen molar-refractivity contribution in [3.63, 3.8) is 0 Å². The van der Waals surface area contributed by atoms with Crippen LogP contribution in [0.2, 0.25) is 0 Å². The highest BCUT2D eigenvalue weighted by Crippen LogP contribution is 2.40. The summed E-state index contributed by atoms with van der Waals surface area (Å²) in [6.07, 6.45) is 1.92.